The summed E-state index contributed by atoms with van der Waals surface area (Å²) in [5.41, 5.74) is 1.84. The molecule has 0 saturated carbocycles. The fraction of sp³-hybridized carbons (Fsp3) is 0.167. The van der Waals surface area contributed by atoms with E-state index in [2.05, 4.69) is 5.32 Å². The highest BCUT2D eigenvalue weighted by Crippen LogP contribution is 2.32. The zero-order valence-corrected chi connectivity index (χ0v) is 12.4. The van der Waals surface area contributed by atoms with Crippen molar-refractivity contribution in [3.05, 3.63) is 65.5 Å². The summed E-state index contributed by atoms with van der Waals surface area (Å²) in [5, 5.41) is 2.79. The molecule has 5 heteroatoms. The summed E-state index contributed by atoms with van der Waals surface area (Å²) < 4.78 is 23.3. The number of nitrogens with one attached hydrogen (secondary N) is 1. The highest BCUT2D eigenvalue weighted by Gasteiger charge is 2.12. The molecule has 4 nitrogen and oxygen atoms in total. The van der Waals surface area contributed by atoms with Crippen molar-refractivity contribution < 1.29 is 18.7 Å². The molecular weight excluding hydrogens is 297 g/mol. The van der Waals surface area contributed by atoms with E-state index >= 15 is 0 Å². The van der Waals surface area contributed by atoms with Gasteiger partial charge in [-0.25, -0.2) is 4.39 Å². The van der Waals surface area contributed by atoms with Gasteiger partial charge in [-0.05, 0) is 47.9 Å². The largest absolute Gasteiger partial charge is 0.454 e. The number of fused-ring (bicyclic) bond motifs is 1. The van der Waals surface area contributed by atoms with Gasteiger partial charge >= 0.3 is 0 Å². The first kappa shape index (κ1) is 15.1. The number of carbonyl (C=O) groups excluding carboxylic acids is 1. The third-order valence-corrected chi connectivity index (χ3v) is 3.45. The maximum absolute atomic E-state index is 12.8. The van der Waals surface area contributed by atoms with Gasteiger partial charge in [-0.15, -0.1) is 0 Å². The van der Waals surface area contributed by atoms with Crippen molar-refractivity contribution in [2.45, 2.75) is 6.42 Å². The number of carbonyl (C=O) groups is 1. The number of amides is 1. The molecule has 0 unspecified atom stereocenters. The summed E-state index contributed by atoms with van der Waals surface area (Å²) in [5.74, 6) is 0.962. The summed E-state index contributed by atoms with van der Waals surface area (Å²) in [6.45, 7) is 0.725. The highest BCUT2D eigenvalue weighted by atomic mass is 19.1. The number of hydrogen-bond acceptors (Lipinski definition) is 3. The lowest BCUT2D eigenvalue weighted by atomic mass is 10.1. The van der Waals surface area contributed by atoms with E-state index in [4.69, 9.17) is 9.47 Å². The minimum Gasteiger partial charge on any atom is -0.454 e. The molecule has 1 aliphatic rings. The maximum Gasteiger partial charge on any atom is 0.244 e. The van der Waals surface area contributed by atoms with Crippen molar-refractivity contribution in [1.82, 2.24) is 5.32 Å². The monoisotopic (exact) mass is 313 g/mol. The summed E-state index contributed by atoms with van der Waals surface area (Å²) >= 11 is 0. The molecule has 0 atom stereocenters. The van der Waals surface area contributed by atoms with Crippen molar-refractivity contribution in [3.63, 3.8) is 0 Å². The second kappa shape index (κ2) is 6.96. The van der Waals surface area contributed by atoms with Crippen LogP contribution in [0.3, 0.4) is 0 Å². The quantitative estimate of drug-likeness (QED) is 0.863. The number of benzene rings is 2. The number of hydrogen-bond donors (Lipinski definition) is 1. The van der Waals surface area contributed by atoms with Gasteiger partial charge in [0, 0.05) is 12.6 Å². The third kappa shape index (κ3) is 4.10. The van der Waals surface area contributed by atoms with Crippen LogP contribution in [0.2, 0.25) is 0 Å². The molecule has 0 saturated heterocycles. The molecule has 0 bridgehead atoms. The van der Waals surface area contributed by atoms with Gasteiger partial charge in [0.1, 0.15) is 5.82 Å². The van der Waals surface area contributed by atoms with E-state index in [1.54, 1.807) is 18.2 Å². The van der Waals surface area contributed by atoms with Crippen LogP contribution in [-0.2, 0) is 11.2 Å². The standard InChI is InChI=1S/C18H16FNO3/c19-15-5-1-13(2-6-15)9-10-20-18(21)8-4-14-3-7-16-17(11-14)23-12-22-16/h1-8,11H,9-10,12H2,(H,20,21)/b8-4+. The predicted octanol–water partition coefficient (Wildman–Crippen LogP) is 2.93. The van der Waals surface area contributed by atoms with Gasteiger partial charge in [0.05, 0.1) is 0 Å². The Morgan fingerprint density at radius 3 is 2.74 bits per heavy atom. The van der Waals surface area contributed by atoms with Crippen LogP contribution in [0.1, 0.15) is 11.1 Å². The van der Waals surface area contributed by atoms with Gasteiger partial charge in [-0.1, -0.05) is 18.2 Å². The predicted molar refractivity (Wildman–Crippen MR) is 84.7 cm³/mol. The van der Waals surface area contributed by atoms with E-state index in [1.165, 1.54) is 18.2 Å². The second-order valence-corrected chi connectivity index (χ2v) is 5.11. The van der Waals surface area contributed by atoms with E-state index in [1.807, 2.05) is 18.2 Å². The van der Waals surface area contributed by atoms with Gasteiger partial charge in [0.15, 0.2) is 11.5 Å². The first-order valence-corrected chi connectivity index (χ1v) is 7.31. The molecule has 1 heterocycles. The molecule has 3 rings (SSSR count). The van der Waals surface area contributed by atoms with Crippen molar-refractivity contribution in [2.75, 3.05) is 13.3 Å². The Hall–Kier alpha value is -2.82. The molecule has 23 heavy (non-hydrogen) atoms. The van der Waals surface area contributed by atoms with E-state index in [-0.39, 0.29) is 18.5 Å². The van der Waals surface area contributed by atoms with Crippen LogP contribution >= 0.6 is 0 Å². The Morgan fingerprint density at radius 1 is 1.13 bits per heavy atom. The van der Waals surface area contributed by atoms with E-state index < -0.39 is 0 Å². The van der Waals surface area contributed by atoms with Gasteiger partial charge < -0.3 is 14.8 Å². The van der Waals surface area contributed by atoms with Crippen LogP contribution in [0.15, 0.2) is 48.5 Å². The van der Waals surface area contributed by atoms with Crippen molar-refractivity contribution in [2.24, 2.45) is 0 Å². The lowest BCUT2D eigenvalue weighted by Crippen LogP contribution is -2.23. The van der Waals surface area contributed by atoms with Crippen LogP contribution in [0.4, 0.5) is 4.39 Å². The topological polar surface area (TPSA) is 47.6 Å². The Labute approximate surface area is 133 Å². The first-order chi connectivity index (χ1) is 11.2. The van der Waals surface area contributed by atoms with Crippen LogP contribution in [0.5, 0.6) is 11.5 Å². The Bertz CT molecular complexity index is 726. The number of ether oxygens (including phenoxy) is 2. The van der Waals surface area contributed by atoms with E-state index in [0.717, 1.165) is 11.1 Å². The third-order valence-electron chi connectivity index (χ3n) is 3.45. The van der Waals surface area contributed by atoms with E-state index in [0.29, 0.717) is 24.5 Å². The van der Waals surface area contributed by atoms with Gasteiger partial charge in [0.2, 0.25) is 12.7 Å². The maximum atomic E-state index is 12.8. The lowest BCUT2D eigenvalue weighted by molar-refractivity contribution is -0.116. The zero-order chi connectivity index (χ0) is 16.1. The zero-order valence-electron chi connectivity index (χ0n) is 12.4. The second-order valence-electron chi connectivity index (χ2n) is 5.11. The van der Waals surface area contributed by atoms with Gasteiger partial charge in [-0.2, -0.15) is 0 Å². The molecule has 1 aliphatic heterocycles. The first-order valence-electron chi connectivity index (χ1n) is 7.31. The smallest absolute Gasteiger partial charge is 0.244 e. The van der Waals surface area contributed by atoms with E-state index in [9.17, 15) is 9.18 Å². The van der Waals surface area contributed by atoms with Crippen molar-refractivity contribution in [1.29, 1.82) is 0 Å². The summed E-state index contributed by atoms with van der Waals surface area (Å²) in [6.07, 6.45) is 3.85. The molecule has 0 radical (unpaired) electrons. The van der Waals surface area contributed by atoms with Gasteiger partial charge in [-0.3, -0.25) is 4.79 Å². The van der Waals surface area contributed by atoms with Crippen LogP contribution in [-0.4, -0.2) is 19.2 Å². The van der Waals surface area contributed by atoms with Crippen molar-refractivity contribution in [3.8, 4) is 11.5 Å². The molecule has 0 aromatic heterocycles. The number of halogens is 1. The average molecular weight is 313 g/mol. The molecule has 2 aromatic rings. The highest BCUT2D eigenvalue weighted by molar-refractivity contribution is 5.91. The summed E-state index contributed by atoms with van der Waals surface area (Å²) in [7, 11) is 0. The molecule has 0 fully saturated rings. The Morgan fingerprint density at radius 2 is 1.91 bits per heavy atom. The SMILES string of the molecule is O=C(/C=C/c1ccc2c(c1)OCO2)NCCc1ccc(F)cc1. The van der Waals surface area contributed by atoms with Crippen LogP contribution < -0.4 is 14.8 Å². The molecule has 1 N–H and O–H groups in total. The molecule has 2 aromatic carbocycles. The fourth-order valence-corrected chi connectivity index (χ4v) is 2.23. The fourth-order valence-electron chi connectivity index (χ4n) is 2.23. The Balaban J connectivity index is 1.48. The number of rotatable bonds is 5. The molecule has 1 amide bonds. The van der Waals surface area contributed by atoms with Crippen molar-refractivity contribution >= 4 is 12.0 Å². The Kier molecular flexibility index (Phi) is 4.57. The molecule has 0 aliphatic carbocycles. The van der Waals surface area contributed by atoms with Gasteiger partial charge in [0.25, 0.3) is 0 Å². The molecule has 0 spiro atoms. The minimum atomic E-state index is -0.260. The average Bonchev–Trinajstić information content (AvgIpc) is 3.02. The minimum absolute atomic E-state index is 0.176. The van der Waals surface area contributed by atoms with Crippen LogP contribution in [0.25, 0.3) is 6.08 Å². The summed E-state index contributed by atoms with van der Waals surface area (Å²) in [4.78, 5) is 11.8. The summed E-state index contributed by atoms with van der Waals surface area (Å²) in [6, 6.07) is 11.7. The van der Waals surface area contributed by atoms with Crippen LogP contribution in [0, 0.1) is 5.82 Å². The normalized spacial score (nSPS) is 12.6. The lowest BCUT2D eigenvalue weighted by Gasteiger charge is -2.03. The molecular formula is C18H16FNO3. The molecule has 118 valence electrons.